The number of aliphatic carboxylic acids is 1. The van der Waals surface area contributed by atoms with Crippen LogP contribution < -0.4 is 10.6 Å². The minimum absolute atomic E-state index is 0.0433. The summed E-state index contributed by atoms with van der Waals surface area (Å²) in [6.07, 6.45) is 0.197. The Morgan fingerprint density at radius 2 is 1.61 bits per heavy atom. The third-order valence-electron chi connectivity index (χ3n) is 6.32. The van der Waals surface area contributed by atoms with Crippen LogP contribution in [-0.4, -0.2) is 55.5 Å². The van der Waals surface area contributed by atoms with E-state index in [1.54, 1.807) is 7.11 Å². The van der Waals surface area contributed by atoms with E-state index in [4.69, 9.17) is 9.47 Å². The van der Waals surface area contributed by atoms with Crippen LogP contribution >= 0.6 is 0 Å². The van der Waals surface area contributed by atoms with E-state index in [-0.39, 0.29) is 18.6 Å². The van der Waals surface area contributed by atoms with Crippen LogP contribution in [0, 0.1) is 5.92 Å². The van der Waals surface area contributed by atoms with Gasteiger partial charge in [-0.1, -0.05) is 48.5 Å². The first-order valence-electron chi connectivity index (χ1n) is 11.1. The normalized spacial score (nSPS) is 19.5. The first-order valence-corrected chi connectivity index (χ1v) is 11.1. The van der Waals surface area contributed by atoms with Gasteiger partial charge in [0.25, 0.3) is 0 Å². The Labute approximate surface area is 192 Å². The van der Waals surface area contributed by atoms with Gasteiger partial charge in [-0.15, -0.1) is 0 Å². The van der Waals surface area contributed by atoms with Gasteiger partial charge in [-0.05, 0) is 41.0 Å². The van der Waals surface area contributed by atoms with Crippen molar-refractivity contribution in [1.82, 2.24) is 10.6 Å². The van der Waals surface area contributed by atoms with Crippen LogP contribution in [0.1, 0.15) is 36.3 Å². The van der Waals surface area contributed by atoms with Crippen molar-refractivity contribution >= 4 is 18.0 Å². The van der Waals surface area contributed by atoms with Crippen molar-refractivity contribution in [3.8, 4) is 11.1 Å². The Morgan fingerprint density at radius 1 is 1.00 bits per heavy atom. The number of hydrogen-bond donors (Lipinski definition) is 3. The number of methoxy groups -OCH3 is 1. The number of rotatable bonds is 9. The van der Waals surface area contributed by atoms with Gasteiger partial charge in [0.15, 0.2) is 0 Å². The van der Waals surface area contributed by atoms with E-state index in [0.29, 0.717) is 12.5 Å². The van der Waals surface area contributed by atoms with E-state index in [1.165, 1.54) is 0 Å². The van der Waals surface area contributed by atoms with Crippen molar-refractivity contribution < 1.29 is 29.0 Å². The van der Waals surface area contributed by atoms with Gasteiger partial charge < -0.3 is 25.2 Å². The molecule has 1 atom stereocenters. The number of ether oxygens (including phenoxy) is 2. The van der Waals surface area contributed by atoms with E-state index in [9.17, 15) is 19.5 Å². The summed E-state index contributed by atoms with van der Waals surface area (Å²) in [6, 6.07) is 14.7. The van der Waals surface area contributed by atoms with Crippen LogP contribution in [0.2, 0.25) is 0 Å². The monoisotopic (exact) mass is 452 g/mol. The predicted molar refractivity (Wildman–Crippen MR) is 121 cm³/mol. The fraction of sp³-hybridized carbons (Fsp3) is 0.400. The average molecular weight is 453 g/mol. The molecule has 4 rings (SSSR count). The Balaban J connectivity index is 1.35. The number of alkyl carbamates (subject to hydrolysis) is 1. The zero-order valence-corrected chi connectivity index (χ0v) is 18.5. The number of benzene rings is 2. The third kappa shape index (κ3) is 5.17. The number of carboxylic acids is 1. The molecule has 2 aromatic rings. The second kappa shape index (κ2) is 10.0. The Hall–Kier alpha value is -3.39. The summed E-state index contributed by atoms with van der Waals surface area (Å²) >= 11 is 0. The molecule has 2 aromatic carbocycles. The third-order valence-corrected chi connectivity index (χ3v) is 6.32. The summed E-state index contributed by atoms with van der Waals surface area (Å²) in [5, 5.41) is 14.4. The molecule has 1 unspecified atom stereocenters. The van der Waals surface area contributed by atoms with Gasteiger partial charge >= 0.3 is 12.1 Å². The Morgan fingerprint density at radius 3 is 2.18 bits per heavy atom. The van der Waals surface area contributed by atoms with Crippen molar-refractivity contribution in [2.45, 2.75) is 37.3 Å². The molecule has 2 aliphatic carbocycles. The minimum atomic E-state index is -1.21. The number of amides is 2. The standard InChI is InChI=1S/C25H28N2O6/c1-32-13-15-10-16(11-15)26-24(30)22(12-23(28)29)27-25(31)33-14-21-19-8-4-2-6-17(19)18-7-3-5-9-20(18)21/h2-9,15-16,21-22H,10-14H2,1H3,(H,26,30)(H,27,31)(H,28,29). The summed E-state index contributed by atoms with van der Waals surface area (Å²) in [5.74, 6) is -1.44. The van der Waals surface area contributed by atoms with Crippen LogP contribution in [0.3, 0.4) is 0 Å². The maximum Gasteiger partial charge on any atom is 0.407 e. The lowest BCUT2D eigenvalue weighted by molar-refractivity contribution is -0.140. The maximum atomic E-state index is 12.6. The molecule has 0 radical (unpaired) electrons. The molecule has 2 amide bonds. The molecule has 174 valence electrons. The largest absolute Gasteiger partial charge is 0.481 e. The van der Waals surface area contributed by atoms with Gasteiger partial charge in [0, 0.05) is 25.7 Å². The maximum absolute atomic E-state index is 12.6. The van der Waals surface area contributed by atoms with Gasteiger partial charge in [-0.2, -0.15) is 0 Å². The number of carbonyl (C=O) groups is 3. The zero-order chi connectivity index (χ0) is 23.4. The van der Waals surface area contributed by atoms with E-state index < -0.39 is 30.4 Å². The van der Waals surface area contributed by atoms with E-state index in [2.05, 4.69) is 10.6 Å². The molecular weight excluding hydrogens is 424 g/mol. The summed E-state index contributed by atoms with van der Waals surface area (Å²) in [7, 11) is 1.63. The highest BCUT2D eigenvalue weighted by Crippen LogP contribution is 2.44. The van der Waals surface area contributed by atoms with Gasteiger partial charge in [0.05, 0.1) is 6.42 Å². The van der Waals surface area contributed by atoms with Gasteiger partial charge in [-0.3, -0.25) is 9.59 Å². The highest BCUT2D eigenvalue weighted by Gasteiger charge is 2.34. The molecule has 0 aliphatic heterocycles. The van der Waals surface area contributed by atoms with Crippen LogP contribution in [0.5, 0.6) is 0 Å². The number of carbonyl (C=O) groups excluding carboxylic acids is 2. The Bertz CT molecular complexity index is 988. The second-order valence-electron chi connectivity index (χ2n) is 8.62. The smallest absolute Gasteiger partial charge is 0.407 e. The molecule has 8 heteroatoms. The molecule has 0 aromatic heterocycles. The van der Waals surface area contributed by atoms with Crippen molar-refractivity contribution in [2.75, 3.05) is 20.3 Å². The molecule has 0 saturated heterocycles. The molecule has 0 heterocycles. The highest BCUT2D eigenvalue weighted by atomic mass is 16.5. The lowest BCUT2D eigenvalue weighted by Gasteiger charge is -2.36. The van der Waals surface area contributed by atoms with Gasteiger partial charge in [0.1, 0.15) is 12.6 Å². The van der Waals surface area contributed by atoms with Crippen molar-refractivity contribution in [1.29, 1.82) is 0 Å². The summed E-state index contributed by atoms with van der Waals surface area (Å²) in [5.41, 5.74) is 4.36. The molecule has 2 aliphatic rings. The number of carboxylic acid groups (broad SMARTS) is 1. The van der Waals surface area contributed by atoms with Gasteiger partial charge in [0.2, 0.25) is 5.91 Å². The van der Waals surface area contributed by atoms with Crippen LogP contribution in [-0.2, 0) is 19.1 Å². The second-order valence-corrected chi connectivity index (χ2v) is 8.62. The SMILES string of the molecule is COCC1CC(NC(=O)C(CC(=O)O)NC(=O)OCC2c3ccccc3-c3ccccc32)C1. The number of hydrogen-bond acceptors (Lipinski definition) is 5. The molecule has 1 saturated carbocycles. The van der Waals surface area contributed by atoms with Crippen molar-refractivity contribution in [2.24, 2.45) is 5.92 Å². The lowest BCUT2D eigenvalue weighted by Crippen LogP contribution is -2.54. The molecule has 8 nitrogen and oxygen atoms in total. The topological polar surface area (TPSA) is 114 Å². The highest BCUT2D eigenvalue weighted by molar-refractivity contribution is 5.89. The Kier molecular flexibility index (Phi) is 6.93. The van der Waals surface area contributed by atoms with Crippen LogP contribution in [0.4, 0.5) is 4.79 Å². The quantitative estimate of drug-likeness (QED) is 0.539. The van der Waals surface area contributed by atoms with E-state index in [0.717, 1.165) is 35.1 Å². The lowest BCUT2D eigenvalue weighted by atomic mass is 9.80. The minimum Gasteiger partial charge on any atom is -0.481 e. The summed E-state index contributed by atoms with van der Waals surface area (Å²) in [6.45, 7) is 0.714. The molecule has 0 spiro atoms. The predicted octanol–water partition coefficient (Wildman–Crippen LogP) is 2.91. The molecule has 1 fully saturated rings. The summed E-state index contributed by atoms with van der Waals surface area (Å²) < 4.78 is 10.6. The fourth-order valence-corrected chi connectivity index (χ4v) is 4.69. The number of nitrogens with one attached hydrogen (secondary N) is 2. The van der Waals surface area contributed by atoms with Crippen LogP contribution in [0.25, 0.3) is 11.1 Å². The summed E-state index contributed by atoms with van der Waals surface area (Å²) in [4.78, 5) is 36.4. The first-order chi connectivity index (χ1) is 16.0. The zero-order valence-electron chi connectivity index (χ0n) is 18.5. The van der Waals surface area contributed by atoms with E-state index >= 15 is 0 Å². The molecule has 0 bridgehead atoms. The molecular formula is C25H28N2O6. The first kappa shape index (κ1) is 22.8. The van der Waals surface area contributed by atoms with E-state index in [1.807, 2.05) is 48.5 Å². The van der Waals surface area contributed by atoms with Crippen LogP contribution in [0.15, 0.2) is 48.5 Å². The molecule has 3 N–H and O–H groups in total. The van der Waals surface area contributed by atoms with Crippen molar-refractivity contribution in [3.63, 3.8) is 0 Å². The average Bonchev–Trinajstić information content (AvgIpc) is 3.09. The fourth-order valence-electron chi connectivity index (χ4n) is 4.69. The number of fused-ring (bicyclic) bond motifs is 3. The van der Waals surface area contributed by atoms with Gasteiger partial charge in [-0.25, -0.2) is 4.79 Å². The van der Waals surface area contributed by atoms with Crippen molar-refractivity contribution in [3.05, 3.63) is 59.7 Å². The molecule has 33 heavy (non-hydrogen) atoms.